The summed E-state index contributed by atoms with van der Waals surface area (Å²) in [7, 11) is -3.27. The fourth-order valence-corrected chi connectivity index (χ4v) is 5.34. The van der Waals surface area contributed by atoms with Crippen LogP contribution < -0.4 is 14.8 Å². The summed E-state index contributed by atoms with van der Waals surface area (Å²) >= 11 is 0. The minimum Gasteiger partial charge on any atom is -0.490 e. The lowest BCUT2D eigenvalue weighted by molar-refractivity contribution is -0.120. The van der Waals surface area contributed by atoms with Crippen molar-refractivity contribution in [2.45, 2.75) is 83.6 Å². The van der Waals surface area contributed by atoms with E-state index in [4.69, 9.17) is 4.74 Å². The molecule has 1 aromatic carbocycles. The van der Waals surface area contributed by atoms with Crippen molar-refractivity contribution in [2.75, 3.05) is 5.32 Å². The smallest absolute Gasteiger partial charge is 0.227 e. The van der Waals surface area contributed by atoms with Crippen LogP contribution in [-0.4, -0.2) is 31.7 Å². The van der Waals surface area contributed by atoms with Crippen molar-refractivity contribution in [3.63, 3.8) is 0 Å². The van der Waals surface area contributed by atoms with Gasteiger partial charge in [-0.25, -0.2) is 13.1 Å². The Balaban J connectivity index is 1.46. The van der Waals surface area contributed by atoms with E-state index in [0.29, 0.717) is 37.5 Å². The Morgan fingerprint density at radius 3 is 2.17 bits per heavy atom. The third-order valence-corrected chi connectivity index (χ3v) is 8.75. The molecular formula is C23H36N2O4S. The summed E-state index contributed by atoms with van der Waals surface area (Å²) in [5.74, 6) is 2.03. The molecule has 0 spiro atoms. The number of hydrogen-bond donors (Lipinski definition) is 2. The van der Waals surface area contributed by atoms with E-state index in [2.05, 4.69) is 23.9 Å². The first-order valence-electron chi connectivity index (χ1n) is 11.2. The van der Waals surface area contributed by atoms with Gasteiger partial charge in [-0.2, -0.15) is 0 Å². The van der Waals surface area contributed by atoms with Crippen molar-refractivity contribution in [1.82, 2.24) is 4.72 Å². The molecule has 168 valence electrons. The first-order valence-corrected chi connectivity index (χ1v) is 12.8. The van der Waals surface area contributed by atoms with E-state index in [-0.39, 0.29) is 24.0 Å². The van der Waals surface area contributed by atoms with Crippen LogP contribution in [0.3, 0.4) is 0 Å². The van der Waals surface area contributed by atoms with E-state index in [9.17, 15) is 13.2 Å². The molecule has 2 aliphatic carbocycles. The topological polar surface area (TPSA) is 84.5 Å². The van der Waals surface area contributed by atoms with Crippen LogP contribution in [0.15, 0.2) is 24.3 Å². The Bertz CT molecular complexity index is 814. The molecule has 0 heterocycles. The summed E-state index contributed by atoms with van der Waals surface area (Å²) < 4.78 is 33.0. The van der Waals surface area contributed by atoms with Crippen molar-refractivity contribution in [1.29, 1.82) is 0 Å². The zero-order valence-electron chi connectivity index (χ0n) is 18.6. The van der Waals surface area contributed by atoms with Crippen LogP contribution in [0.25, 0.3) is 0 Å². The molecule has 6 nitrogen and oxygen atoms in total. The summed E-state index contributed by atoms with van der Waals surface area (Å²) in [6, 6.07) is 7.54. The maximum atomic E-state index is 12.6. The molecule has 0 saturated heterocycles. The molecule has 30 heavy (non-hydrogen) atoms. The average Bonchev–Trinajstić information content (AvgIpc) is 3.01. The third-order valence-electron chi connectivity index (χ3n) is 6.85. The van der Waals surface area contributed by atoms with Crippen molar-refractivity contribution in [2.24, 2.45) is 17.8 Å². The predicted molar refractivity (Wildman–Crippen MR) is 120 cm³/mol. The molecule has 7 heteroatoms. The van der Waals surface area contributed by atoms with Crippen LogP contribution in [0, 0.1) is 17.8 Å². The zero-order valence-corrected chi connectivity index (χ0v) is 19.4. The predicted octanol–water partition coefficient (Wildman–Crippen LogP) is 4.33. The fourth-order valence-electron chi connectivity index (χ4n) is 4.36. The van der Waals surface area contributed by atoms with E-state index >= 15 is 0 Å². The van der Waals surface area contributed by atoms with E-state index in [1.807, 2.05) is 24.3 Å². The highest BCUT2D eigenvalue weighted by molar-refractivity contribution is 7.90. The molecule has 3 atom stereocenters. The first-order chi connectivity index (χ1) is 14.2. The second kappa shape index (κ2) is 9.69. The van der Waals surface area contributed by atoms with Crippen LogP contribution >= 0.6 is 0 Å². The largest absolute Gasteiger partial charge is 0.490 e. The number of rotatable bonds is 7. The van der Waals surface area contributed by atoms with Crippen molar-refractivity contribution in [3.8, 4) is 5.75 Å². The van der Waals surface area contributed by atoms with Gasteiger partial charge in [-0.05, 0) is 88.5 Å². The summed E-state index contributed by atoms with van der Waals surface area (Å²) in [5.41, 5.74) is 0.767. The van der Waals surface area contributed by atoms with Gasteiger partial charge in [0.2, 0.25) is 15.9 Å². The Kier molecular flexibility index (Phi) is 7.45. The Morgan fingerprint density at radius 2 is 1.63 bits per heavy atom. The summed E-state index contributed by atoms with van der Waals surface area (Å²) in [5, 5.41) is 2.56. The van der Waals surface area contributed by atoms with Crippen LogP contribution in [0.4, 0.5) is 5.69 Å². The number of sulfonamides is 1. The van der Waals surface area contributed by atoms with Gasteiger partial charge < -0.3 is 10.1 Å². The molecule has 1 amide bonds. The molecule has 2 fully saturated rings. The molecule has 0 radical (unpaired) electrons. The molecule has 0 aromatic heterocycles. The number of amides is 1. The quantitative estimate of drug-likeness (QED) is 0.666. The third kappa shape index (κ3) is 5.76. The summed E-state index contributed by atoms with van der Waals surface area (Å²) in [4.78, 5) is 12.6. The molecule has 0 bridgehead atoms. The number of benzene rings is 1. The highest BCUT2D eigenvalue weighted by Crippen LogP contribution is 2.34. The van der Waals surface area contributed by atoms with Gasteiger partial charge in [0.25, 0.3) is 0 Å². The van der Waals surface area contributed by atoms with Gasteiger partial charge in [-0.3, -0.25) is 4.79 Å². The van der Waals surface area contributed by atoms with Gasteiger partial charge in [0.15, 0.2) is 0 Å². The SMILES string of the molecule is CC1CCC(Oc2ccc(NC(=O)[C@H]3CC[C@H](NS(=O)(=O)C(C)C)CC3)cc2)C1C. The Morgan fingerprint density at radius 1 is 1.00 bits per heavy atom. The van der Waals surface area contributed by atoms with Gasteiger partial charge in [0, 0.05) is 17.6 Å². The molecule has 1 aromatic rings. The van der Waals surface area contributed by atoms with E-state index in [1.54, 1.807) is 13.8 Å². The molecule has 2 N–H and O–H groups in total. The maximum absolute atomic E-state index is 12.6. The molecule has 3 rings (SSSR count). The average molecular weight is 437 g/mol. The van der Waals surface area contributed by atoms with Crippen molar-refractivity contribution >= 4 is 21.6 Å². The van der Waals surface area contributed by atoms with E-state index in [0.717, 1.165) is 17.9 Å². The fraction of sp³-hybridized carbons (Fsp3) is 0.696. The molecule has 3 unspecified atom stereocenters. The second-order valence-electron chi connectivity index (χ2n) is 9.34. The van der Waals surface area contributed by atoms with Crippen LogP contribution in [0.2, 0.25) is 0 Å². The zero-order chi connectivity index (χ0) is 21.9. The maximum Gasteiger partial charge on any atom is 0.227 e. The van der Waals surface area contributed by atoms with E-state index in [1.165, 1.54) is 6.42 Å². The highest BCUT2D eigenvalue weighted by atomic mass is 32.2. The number of hydrogen-bond acceptors (Lipinski definition) is 4. The van der Waals surface area contributed by atoms with Crippen molar-refractivity contribution in [3.05, 3.63) is 24.3 Å². The number of ether oxygens (including phenoxy) is 1. The number of carbonyl (C=O) groups is 1. The summed E-state index contributed by atoms with van der Waals surface area (Å²) in [6.07, 6.45) is 5.33. The minimum atomic E-state index is -3.27. The molecule has 2 aliphatic rings. The minimum absolute atomic E-state index is 0.00655. The molecule has 2 saturated carbocycles. The number of nitrogens with one attached hydrogen (secondary N) is 2. The molecule has 0 aliphatic heterocycles. The van der Waals surface area contributed by atoms with Crippen LogP contribution in [0.1, 0.15) is 66.2 Å². The van der Waals surface area contributed by atoms with Crippen LogP contribution in [0.5, 0.6) is 5.75 Å². The van der Waals surface area contributed by atoms with Gasteiger partial charge in [0.05, 0.1) is 5.25 Å². The van der Waals surface area contributed by atoms with Gasteiger partial charge in [-0.15, -0.1) is 0 Å². The van der Waals surface area contributed by atoms with E-state index < -0.39 is 15.3 Å². The van der Waals surface area contributed by atoms with Gasteiger partial charge >= 0.3 is 0 Å². The Labute approximate surface area is 181 Å². The number of anilines is 1. The normalized spacial score (nSPS) is 29.7. The summed E-state index contributed by atoms with van der Waals surface area (Å²) in [6.45, 7) is 7.87. The Hall–Kier alpha value is -1.60. The lowest BCUT2D eigenvalue weighted by Crippen LogP contribution is -2.42. The first kappa shape index (κ1) is 23.1. The lowest BCUT2D eigenvalue weighted by Gasteiger charge is -2.28. The molecular weight excluding hydrogens is 400 g/mol. The highest BCUT2D eigenvalue weighted by Gasteiger charge is 2.31. The van der Waals surface area contributed by atoms with Gasteiger partial charge in [0.1, 0.15) is 11.9 Å². The van der Waals surface area contributed by atoms with Crippen LogP contribution in [-0.2, 0) is 14.8 Å². The number of carbonyl (C=O) groups excluding carboxylic acids is 1. The lowest BCUT2D eigenvalue weighted by atomic mass is 9.86. The standard InChI is InChI=1S/C23H36N2O4S/c1-15(2)30(27,28)25-20-8-6-18(7-9-20)23(26)24-19-10-12-21(13-11-19)29-22-14-5-16(3)17(22)4/h10-13,15-18,20,22,25H,5-9,14H2,1-4H3,(H,24,26)/t16?,17?,18-,20-,22?. The monoisotopic (exact) mass is 436 g/mol. The van der Waals surface area contributed by atoms with Gasteiger partial charge in [-0.1, -0.05) is 13.8 Å². The van der Waals surface area contributed by atoms with Crippen molar-refractivity contribution < 1.29 is 17.9 Å². The second-order valence-corrected chi connectivity index (χ2v) is 11.6.